The van der Waals surface area contributed by atoms with Crippen LogP contribution in [0.4, 0.5) is 0 Å². The zero-order chi connectivity index (χ0) is 14.7. The highest BCUT2D eigenvalue weighted by Crippen LogP contribution is 2.17. The normalized spacial score (nSPS) is 25.7. The molecule has 7 nitrogen and oxygen atoms in total. The van der Waals surface area contributed by atoms with Gasteiger partial charge in [-0.1, -0.05) is 11.6 Å². The molecule has 2 N–H and O–H groups in total. The highest BCUT2D eigenvalue weighted by atomic mass is 32.2. The largest absolute Gasteiger partial charge is 0.308 e. The Morgan fingerprint density at radius 1 is 1.37 bits per heavy atom. The summed E-state index contributed by atoms with van der Waals surface area (Å²) in [6.45, 7) is 2.55. The van der Waals surface area contributed by atoms with E-state index in [9.17, 15) is 16.8 Å². The van der Waals surface area contributed by atoms with E-state index in [1.54, 1.807) is 6.08 Å². The van der Waals surface area contributed by atoms with Crippen LogP contribution in [0.2, 0.25) is 0 Å². The van der Waals surface area contributed by atoms with Gasteiger partial charge in [0.05, 0.1) is 18.6 Å². The minimum Gasteiger partial charge on any atom is -0.308 e. The SMILES string of the molecule is C/C(=C\CNS(C)(=O)=O)C1CC(OS(C)(=O)=O)CN1. The van der Waals surface area contributed by atoms with Crippen molar-refractivity contribution in [2.45, 2.75) is 25.5 Å². The monoisotopic (exact) mass is 312 g/mol. The molecule has 1 fully saturated rings. The smallest absolute Gasteiger partial charge is 0.264 e. The lowest BCUT2D eigenvalue weighted by Crippen LogP contribution is -2.25. The molecule has 1 rings (SSSR count). The van der Waals surface area contributed by atoms with Gasteiger partial charge in [-0.15, -0.1) is 0 Å². The second kappa shape index (κ2) is 6.31. The van der Waals surface area contributed by atoms with Crippen molar-refractivity contribution < 1.29 is 21.0 Å². The molecule has 2 unspecified atom stereocenters. The number of sulfonamides is 1. The molecule has 112 valence electrons. The van der Waals surface area contributed by atoms with E-state index in [1.807, 2.05) is 6.92 Å². The van der Waals surface area contributed by atoms with Crippen molar-refractivity contribution in [2.24, 2.45) is 0 Å². The topological polar surface area (TPSA) is 102 Å². The van der Waals surface area contributed by atoms with Gasteiger partial charge in [0, 0.05) is 19.1 Å². The maximum absolute atomic E-state index is 11.0. The first-order chi connectivity index (χ1) is 8.57. The molecular weight excluding hydrogens is 292 g/mol. The summed E-state index contributed by atoms with van der Waals surface area (Å²) in [6, 6.07) is 0.00751. The van der Waals surface area contributed by atoms with Gasteiger partial charge in [0.15, 0.2) is 0 Å². The third-order valence-corrected chi connectivity index (χ3v) is 4.03. The fourth-order valence-electron chi connectivity index (χ4n) is 1.87. The number of rotatable bonds is 6. The lowest BCUT2D eigenvalue weighted by molar-refractivity contribution is 0.230. The van der Waals surface area contributed by atoms with Crippen LogP contribution < -0.4 is 10.0 Å². The Morgan fingerprint density at radius 2 is 2.00 bits per heavy atom. The zero-order valence-electron chi connectivity index (χ0n) is 11.2. The van der Waals surface area contributed by atoms with E-state index < -0.39 is 20.1 Å². The summed E-state index contributed by atoms with van der Waals surface area (Å²) >= 11 is 0. The van der Waals surface area contributed by atoms with E-state index in [-0.39, 0.29) is 18.7 Å². The Bertz CT molecular complexity index is 538. The second-order valence-corrected chi connectivity index (χ2v) is 8.12. The highest BCUT2D eigenvalue weighted by molar-refractivity contribution is 7.88. The van der Waals surface area contributed by atoms with Crippen LogP contribution in [0.15, 0.2) is 11.6 Å². The van der Waals surface area contributed by atoms with Gasteiger partial charge in [-0.2, -0.15) is 8.42 Å². The summed E-state index contributed by atoms with van der Waals surface area (Å²) < 4.78 is 51.1. The molecule has 0 aromatic heterocycles. The lowest BCUT2D eigenvalue weighted by atomic mass is 10.1. The van der Waals surface area contributed by atoms with Crippen LogP contribution in [0.1, 0.15) is 13.3 Å². The Labute approximate surface area is 114 Å². The van der Waals surface area contributed by atoms with Gasteiger partial charge in [-0.05, 0) is 13.3 Å². The summed E-state index contributed by atoms with van der Waals surface area (Å²) in [5.74, 6) is 0. The first-order valence-corrected chi connectivity index (χ1v) is 9.50. The van der Waals surface area contributed by atoms with E-state index >= 15 is 0 Å². The van der Waals surface area contributed by atoms with Gasteiger partial charge >= 0.3 is 0 Å². The molecule has 0 spiro atoms. The molecule has 0 amide bonds. The number of hydrogen-bond donors (Lipinski definition) is 2. The van der Waals surface area contributed by atoms with E-state index in [1.165, 1.54) is 0 Å². The standard InChI is InChI=1S/C10H20N2O5S2/c1-8(4-5-12-18(2,13)14)10-6-9(7-11-10)17-19(3,15)16/h4,9-12H,5-7H2,1-3H3/b8-4+. The molecule has 1 aliphatic rings. The first-order valence-electron chi connectivity index (χ1n) is 5.80. The minimum atomic E-state index is -3.44. The average Bonchev–Trinajstić information content (AvgIpc) is 2.61. The predicted molar refractivity (Wildman–Crippen MR) is 72.7 cm³/mol. The Hall–Kier alpha value is -0.480. The Balaban J connectivity index is 2.48. The van der Waals surface area contributed by atoms with Crippen molar-refractivity contribution in [1.29, 1.82) is 0 Å². The van der Waals surface area contributed by atoms with E-state index in [2.05, 4.69) is 10.0 Å². The van der Waals surface area contributed by atoms with Crippen LogP contribution in [0.5, 0.6) is 0 Å². The molecule has 0 bridgehead atoms. The number of nitrogens with one attached hydrogen (secondary N) is 2. The summed E-state index contributed by atoms with van der Waals surface area (Å²) in [7, 11) is -6.64. The fraction of sp³-hybridized carbons (Fsp3) is 0.800. The summed E-state index contributed by atoms with van der Waals surface area (Å²) in [5.41, 5.74) is 0.954. The molecule has 1 heterocycles. The molecule has 1 saturated heterocycles. The van der Waals surface area contributed by atoms with Crippen molar-refractivity contribution in [1.82, 2.24) is 10.0 Å². The third-order valence-electron chi connectivity index (χ3n) is 2.72. The summed E-state index contributed by atoms with van der Waals surface area (Å²) in [6.07, 6.45) is 4.07. The molecule has 0 aromatic carbocycles. The van der Waals surface area contributed by atoms with Gasteiger partial charge in [0.1, 0.15) is 0 Å². The number of hydrogen-bond acceptors (Lipinski definition) is 6. The molecule has 0 radical (unpaired) electrons. The van der Waals surface area contributed by atoms with Gasteiger partial charge in [-0.25, -0.2) is 13.1 Å². The van der Waals surface area contributed by atoms with Crippen LogP contribution in [0, 0.1) is 0 Å². The van der Waals surface area contributed by atoms with Crippen molar-refractivity contribution in [3.05, 3.63) is 11.6 Å². The van der Waals surface area contributed by atoms with Crippen LogP contribution >= 0.6 is 0 Å². The highest BCUT2D eigenvalue weighted by Gasteiger charge is 2.28. The molecule has 9 heteroatoms. The molecule has 2 atom stereocenters. The van der Waals surface area contributed by atoms with E-state index in [0.29, 0.717) is 13.0 Å². The van der Waals surface area contributed by atoms with Crippen molar-refractivity contribution in [2.75, 3.05) is 25.6 Å². The van der Waals surface area contributed by atoms with E-state index in [0.717, 1.165) is 18.1 Å². The maximum Gasteiger partial charge on any atom is 0.264 e. The van der Waals surface area contributed by atoms with Crippen LogP contribution in [-0.4, -0.2) is 54.6 Å². The summed E-state index contributed by atoms with van der Waals surface area (Å²) in [4.78, 5) is 0. The molecular formula is C10H20N2O5S2. The van der Waals surface area contributed by atoms with Crippen molar-refractivity contribution >= 4 is 20.1 Å². The van der Waals surface area contributed by atoms with Gasteiger partial charge < -0.3 is 5.32 Å². The van der Waals surface area contributed by atoms with Gasteiger partial charge in [-0.3, -0.25) is 4.18 Å². The predicted octanol–water partition coefficient (Wildman–Crippen LogP) is -0.811. The first kappa shape index (κ1) is 16.6. The molecule has 0 aliphatic carbocycles. The van der Waals surface area contributed by atoms with E-state index in [4.69, 9.17) is 4.18 Å². The second-order valence-electron chi connectivity index (χ2n) is 4.69. The Kier molecular flexibility index (Phi) is 5.51. The third kappa shape index (κ3) is 7.02. The molecule has 19 heavy (non-hydrogen) atoms. The molecule has 0 saturated carbocycles. The molecule has 1 aliphatic heterocycles. The van der Waals surface area contributed by atoms with Gasteiger partial charge in [0.25, 0.3) is 10.1 Å². The van der Waals surface area contributed by atoms with Gasteiger partial charge in [0.2, 0.25) is 10.0 Å². The van der Waals surface area contributed by atoms with Crippen LogP contribution in [0.3, 0.4) is 0 Å². The van der Waals surface area contributed by atoms with Crippen LogP contribution in [-0.2, 0) is 24.3 Å². The maximum atomic E-state index is 11.0. The van der Waals surface area contributed by atoms with Crippen molar-refractivity contribution in [3.63, 3.8) is 0 Å². The zero-order valence-corrected chi connectivity index (χ0v) is 12.8. The summed E-state index contributed by atoms with van der Waals surface area (Å²) in [5, 5.41) is 3.14. The van der Waals surface area contributed by atoms with Crippen LogP contribution in [0.25, 0.3) is 0 Å². The van der Waals surface area contributed by atoms with Crippen molar-refractivity contribution in [3.8, 4) is 0 Å². The lowest BCUT2D eigenvalue weighted by Gasteiger charge is -2.11. The fourth-order valence-corrected chi connectivity index (χ4v) is 2.89. The molecule has 0 aromatic rings. The average molecular weight is 312 g/mol. The quantitative estimate of drug-likeness (QED) is 0.491. The Morgan fingerprint density at radius 3 is 2.53 bits per heavy atom. The minimum absolute atomic E-state index is 0.00751.